The topological polar surface area (TPSA) is 83.3 Å². The Labute approximate surface area is 123 Å². The highest BCUT2D eigenvalue weighted by atomic mass is 35.5. The fourth-order valence-corrected chi connectivity index (χ4v) is 2.60. The number of hydrazine groups is 1. The van der Waals surface area contributed by atoms with Gasteiger partial charge < -0.3 is 15.6 Å². The normalized spacial score (nSPS) is 23.4. The highest BCUT2D eigenvalue weighted by Crippen LogP contribution is 2.17. The van der Waals surface area contributed by atoms with Crippen molar-refractivity contribution in [2.75, 3.05) is 19.0 Å². The number of nitrogen functional groups attached to an aromatic ring is 1. The van der Waals surface area contributed by atoms with Gasteiger partial charge in [0.25, 0.3) is 5.91 Å². The van der Waals surface area contributed by atoms with Crippen LogP contribution in [0.1, 0.15) is 30.1 Å². The molecule has 1 saturated heterocycles. The van der Waals surface area contributed by atoms with E-state index in [0.29, 0.717) is 17.4 Å². The highest BCUT2D eigenvalue weighted by Gasteiger charge is 2.24. The predicted molar refractivity (Wildman–Crippen MR) is 79.6 cm³/mol. The van der Waals surface area contributed by atoms with Gasteiger partial charge in [-0.3, -0.25) is 4.79 Å². The lowest BCUT2D eigenvalue weighted by molar-refractivity contribution is 0.0896. The van der Waals surface area contributed by atoms with Gasteiger partial charge in [-0.2, -0.15) is 0 Å². The summed E-state index contributed by atoms with van der Waals surface area (Å²) in [6.07, 6.45) is 1.90. The van der Waals surface area contributed by atoms with Crippen molar-refractivity contribution in [3.63, 3.8) is 0 Å². The molecule has 0 aromatic carbocycles. The molecule has 1 amide bonds. The van der Waals surface area contributed by atoms with Gasteiger partial charge in [-0.1, -0.05) is 11.6 Å². The van der Waals surface area contributed by atoms with E-state index in [1.807, 2.05) is 0 Å². The zero-order chi connectivity index (χ0) is 14.7. The highest BCUT2D eigenvalue weighted by molar-refractivity contribution is 6.29. The summed E-state index contributed by atoms with van der Waals surface area (Å²) in [5, 5.41) is 3.28. The average molecular weight is 298 g/mol. The third kappa shape index (κ3) is 3.59. The molecular weight excluding hydrogens is 278 g/mol. The first-order valence-electron chi connectivity index (χ1n) is 6.65. The van der Waals surface area contributed by atoms with Gasteiger partial charge in [-0.15, -0.1) is 0 Å². The molecule has 1 fully saturated rings. The second-order valence-corrected chi connectivity index (χ2v) is 5.62. The van der Waals surface area contributed by atoms with E-state index in [2.05, 4.69) is 34.6 Å². The number of carbonyl (C=O) groups is 1. The molecule has 2 rings (SSSR count). The summed E-state index contributed by atoms with van der Waals surface area (Å²) >= 11 is 5.86. The number of piperidine rings is 1. The molecule has 6 nitrogen and oxygen atoms in total. The van der Waals surface area contributed by atoms with Crippen LogP contribution in [0.15, 0.2) is 12.1 Å². The van der Waals surface area contributed by atoms with Crippen molar-refractivity contribution in [2.45, 2.75) is 31.8 Å². The lowest BCUT2D eigenvalue weighted by Crippen LogP contribution is -2.47. The van der Waals surface area contributed by atoms with E-state index in [-0.39, 0.29) is 17.1 Å². The van der Waals surface area contributed by atoms with Crippen molar-refractivity contribution in [1.82, 2.24) is 15.2 Å². The number of nitrogens with two attached hydrogens (primary N) is 1. The molecule has 1 aliphatic rings. The van der Waals surface area contributed by atoms with Crippen LogP contribution >= 0.6 is 11.6 Å². The molecule has 2 heterocycles. The molecule has 1 aromatic heterocycles. The van der Waals surface area contributed by atoms with Crippen molar-refractivity contribution < 1.29 is 4.79 Å². The van der Waals surface area contributed by atoms with E-state index in [1.165, 1.54) is 6.07 Å². The molecular formula is C13H20ClN5O. The maximum atomic E-state index is 12.2. The molecule has 4 N–H and O–H groups in total. The maximum Gasteiger partial charge on any atom is 0.251 e. The van der Waals surface area contributed by atoms with Gasteiger partial charge in [0, 0.05) is 24.2 Å². The van der Waals surface area contributed by atoms with E-state index in [1.54, 1.807) is 6.07 Å². The first kappa shape index (κ1) is 15.0. The van der Waals surface area contributed by atoms with Gasteiger partial charge >= 0.3 is 0 Å². The Morgan fingerprint density at radius 3 is 2.95 bits per heavy atom. The molecule has 1 aliphatic heterocycles. The fourth-order valence-electron chi connectivity index (χ4n) is 2.39. The second-order valence-electron chi connectivity index (χ2n) is 5.23. The Morgan fingerprint density at radius 1 is 1.55 bits per heavy atom. The molecule has 7 heteroatoms. The summed E-state index contributed by atoms with van der Waals surface area (Å²) in [6.45, 7) is 3.15. The first-order chi connectivity index (χ1) is 9.49. The van der Waals surface area contributed by atoms with Crippen molar-refractivity contribution >= 4 is 23.3 Å². The number of hydrogen-bond donors (Lipinski definition) is 3. The number of nitrogens with one attached hydrogen (secondary N) is 2. The molecule has 2 atom stereocenters. The number of carbonyl (C=O) groups excluding carboxylic acids is 1. The monoisotopic (exact) mass is 297 g/mol. The molecule has 0 aliphatic carbocycles. The van der Waals surface area contributed by atoms with Crippen molar-refractivity contribution in [3.8, 4) is 0 Å². The number of amides is 1. The van der Waals surface area contributed by atoms with Gasteiger partial charge in [0.05, 0.1) is 0 Å². The van der Waals surface area contributed by atoms with Crippen LogP contribution in [-0.2, 0) is 0 Å². The van der Waals surface area contributed by atoms with Gasteiger partial charge in [-0.05, 0) is 38.9 Å². The zero-order valence-electron chi connectivity index (χ0n) is 11.7. The standard InChI is InChI=1S/C13H20ClN5O/c1-8-5-10(3-4-19(8)2)16-13(20)9-6-11(14)17-12(7-9)18-15/h6-8,10H,3-5,15H2,1-2H3,(H,16,20)(H,17,18). The third-order valence-corrected chi connectivity index (χ3v) is 3.94. The Bertz CT molecular complexity index is 496. The minimum Gasteiger partial charge on any atom is -0.349 e. The molecule has 0 saturated carbocycles. The van der Waals surface area contributed by atoms with Gasteiger partial charge in [0.2, 0.25) is 0 Å². The number of nitrogens with zero attached hydrogens (tertiary/aromatic N) is 2. The van der Waals surface area contributed by atoms with Gasteiger partial charge in [0.1, 0.15) is 11.0 Å². The minimum absolute atomic E-state index is 0.146. The second kappa shape index (κ2) is 6.39. The number of pyridine rings is 1. The number of rotatable bonds is 3. The lowest BCUT2D eigenvalue weighted by atomic mass is 9.98. The molecule has 0 bridgehead atoms. The fraction of sp³-hybridized carbons (Fsp3) is 0.538. The third-order valence-electron chi connectivity index (χ3n) is 3.75. The van der Waals surface area contributed by atoms with E-state index in [4.69, 9.17) is 17.4 Å². The van der Waals surface area contributed by atoms with E-state index < -0.39 is 0 Å². The van der Waals surface area contributed by atoms with E-state index in [0.717, 1.165) is 19.4 Å². The number of halogens is 1. The van der Waals surface area contributed by atoms with Crippen LogP contribution in [-0.4, -0.2) is 41.5 Å². The van der Waals surface area contributed by atoms with Crippen LogP contribution in [0.2, 0.25) is 5.15 Å². The molecule has 20 heavy (non-hydrogen) atoms. The summed E-state index contributed by atoms with van der Waals surface area (Å²) in [5.74, 6) is 5.53. The molecule has 0 radical (unpaired) electrons. The van der Waals surface area contributed by atoms with Gasteiger partial charge in [-0.25, -0.2) is 10.8 Å². The minimum atomic E-state index is -0.146. The Hall–Kier alpha value is -1.37. The Morgan fingerprint density at radius 2 is 2.30 bits per heavy atom. The average Bonchev–Trinajstić information content (AvgIpc) is 2.42. The molecule has 1 aromatic rings. The number of hydrogen-bond acceptors (Lipinski definition) is 5. The summed E-state index contributed by atoms with van der Waals surface area (Å²) in [6, 6.07) is 3.78. The van der Waals surface area contributed by atoms with Crippen LogP contribution in [0, 0.1) is 0 Å². The molecule has 110 valence electrons. The van der Waals surface area contributed by atoms with Crippen molar-refractivity contribution in [1.29, 1.82) is 0 Å². The summed E-state index contributed by atoms with van der Waals surface area (Å²) in [5.41, 5.74) is 2.86. The van der Waals surface area contributed by atoms with E-state index in [9.17, 15) is 4.79 Å². The number of likely N-dealkylation sites (tertiary alicyclic amines) is 1. The van der Waals surface area contributed by atoms with Crippen molar-refractivity contribution in [2.24, 2.45) is 5.84 Å². The first-order valence-corrected chi connectivity index (χ1v) is 7.02. The largest absolute Gasteiger partial charge is 0.349 e. The number of anilines is 1. The van der Waals surface area contributed by atoms with Crippen LogP contribution in [0.3, 0.4) is 0 Å². The van der Waals surface area contributed by atoms with Crippen LogP contribution in [0.4, 0.5) is 5.82 Å². The quantitative estimate of drug-likeness (QED) is 0.444. The SMILES string of the molecule is CC1CC(NC(=O)c2cc(Cl)nc(NN)c2)CCN1C. The van der Waals surface area contributed by atoms with Gasteiger partial charge in [0.15, 0.2) is 0 Å². The van der Waals surface area contributed by atoms with E-state index >= 15 is 0 Å². The molecule has 2 unspecified atom stereocenters. The van der Waals surface area contributed by atoms with Crippen LogP contribution in [0.25, 0.3) is 0 Å². The Kier molecular flexibility index (Phi) is 4.80. The number of aromatic nitrogens is 1. The summed E-state index contributed by atoms with van der Waals surface area (Å²) < 4.78 is 0. The predicted octanol–water partition coefficient (Wildman–Crippen LogP) is 1.23. The summed E-state index contributed by atoms with van der Waals surface area (Å²) in [7, 11) is 2.10. The van der Waals surface area contributed by atoms with Crippen LogP contribution in [0.5, 0.6) is 0 Å². The summed E-state index contributed by atoms with van der Waals surface area (Å²) in [4.78, 5) is 18.5. The smallest absolute Gasteiger partial charge is 0.251 e. The zero-order valence-corrected chi connectivity index (χ0v) is 12.4. The van der Waals surface area contributed by atoms with Crippen molar-refractivity contribution in [3.05, 3.63) is 22.8 Å². The lowest BCUT2D eigenvalue weighted by Gasteiger charge is -2.35. The maximum absolute atomic E-state index is 12.2. The van der Waals surface area contributed by atoms with Crippen LogP contribution < -0.4 is 16.6 Å². The Balaban J connectivity index is 2.03. The molecule has 0 spiro atoms.